The molecule has 100 valence electrons. The van der Waals surface area contributed by atoms with Gasteiger partial charge >= 0.3 is 0 Å². The molecule has 1 unspecified atom stereocenters. The summed E-state index contributed by atoms with van der Waals surface area (Å²) in [7, 11) is 0. The Labute approximate surface area is 111 Å². The zero-order valence-electron chi connectivity index (χ0n) is 12.1. The quantitative estimate of drug-likeness (QED) is 0.777. The average Bonchev–Trinajstić information content (AvgIpc) is 2.41. The van der Waals surface area contributed by atoms with Crippen LogP contribution in [0.5, 0.6) is 0 Å². The predicted octanol–water partition coefficient (Wildman–Crippen LogP) is 3.64. The highest BCUT2D eigenvalue weighted by atomic mass is 15.0. The summed E-state index contributed by atoms with van der Waals surface area (Å²) >= 11 is 0. The van der Waals surface area contributed by atoms with Gasteiger partial charge in [0.05, 0.1) is 0 Å². The first kappa shape index (κ1) is 14.6. The van der Waals surface area contributed by atoms with Gasteiger partial charge in [-0.05, 0) is 39.3 Å². The lowest BCUT2D eigenvalue weighted by Crippen LogP contribution is -2.41. The molecule has 3 N–H and O–H groups in total. The monoisotopic (exact) mass is 246 g/mol. The van der Waals surface area contributed by atoms with Crippen LogP contribution < -0.4 is 11.1 Å². The number of hydrogen-bond donors (Lipinski definition) is 2. The summed E-state index contributed by atoms with van der Waals surface area (Å²) in [6, 6.07) is 0. The second-order valence-corrected chi connectivity index (χ2v) is 5.88. The minimum atomic E-state index is -0.192. The van der Waals surface area contributed by atoms with Gasteiger partial charge in [0, 0.05) is 22.3 Å². The molecule has 0 bridgehead atoms. The lowest BCUT2D eigenvalue weighted by atomic mass is 9.84. The summed E-state index contributed by atoms with van der Waals surface area (Å²) in [6.07, 6.45) is 12.3. The highest BCUT2D eigenvalue weighted by molar-refractivity contribution is 5.35. The van der Waals surface area contributed by atoms with E-state index in [1.54, 1.807) is 0 Å². The molecule has 0 radical (unpaired) electrons. The van der Waals surface area contributed by atoms with Crippen LogP contribution in [0.1, 0.15) is 40.5 Å². The van der Waals surface area contributed by atoms with Crippen molar-refractivity contribution in [2.75, 3.05) is 0 Å². The SMILES string of the molecule is C=C(NC(C)(C)CCC)C1(C)C=CC=C(N)C=C1. The molecule has 0 aromatic carbocycles. The van der Waals surface area contributed by atoms with Crippen LogP contribution in [0.15, 0.2) is 48.4 Å². The Balaban J connectivity index is 2.81. The maximum Gasteiger partial charge on any atom is 0.0432 e. The van der Waals surface area contributed by atoms with Crippen LogP contribution in [0.25, 0.3) is 0 Å². The largest absolute Gasteiger partial charge is 0.399 e. The van der Waals surface area contributed by atoms with Crippen molar-refractivity contribution in [1.29, 1.82) is 0 Å². The van der Waals surface area contributed by atoms with Crippen molar-refractivity contribution in [3.05, 3.63) is 48.4 Å². The van der Waals surface area contributed by atoms with Crippen molar-refractivity contribution in [2.24, 2.45) is 11.1 Å². The summed E-state index contributed by atoms with van der Waals surface area (Å²) in [4.78, 5) is 0. The zero-order valence-corrected chi connectivity index (χ0v) is 12.1. The smallest absolute Gasteiger partial charge is 0.0432 e. The van der Waals surface area contributed by atoms with Gasteiger partial charge in [-0.2, -0.15) is 0 Å². The first-order valence-electron chi connectivity index (χ1n) is 6.61. The topological polar surface area (TPSA) is 38.0 Å². The van der Waals surface area contributed by atoms with Crippen molar-refractivity contribution >= 4 is 0 Å². The lowest BCUT2D eigenvalue weighted by Gasteiger charge is -2.34. The van der Waals surface area contributed by atoms with E-state index in [4.69, 9.17) is 5.73 Å². The van der Waals surface area contributed by atoms with Gasteiger partial charge in [-0.25, -0.2) is 0 Å². The highest BCUT2D eigenvalue weighted by Gasteiger charge is 2.26. The zero-order chi connectivity index (χ0) is 13.8. The standard InChI is InChI=1S/C16H26N2/c1-6-10-15(3,4)18-13(2)16(5)11-7-8-14(17)9-12-16/h7-9,11-12,18H,2,6,10,17H2,1,3-5H3. The Hall–Kier alpha value is -1.44. The van der Waals surface area contributed by atoms with Crippen molar-refractivity contribution in [3.63, 3.8) is 0 Å². The molecular formula is C16H26N2. The summed E-state index contributed by atoms with van der Waals surface area (Å²) in [5.74, 6) is 0. The molecule has 0 spiro atoms. The fourth-order valence-electron chi connectivity index (χ4n) is 2.17. The first-order chi connectivity index (χ1) is 8.29. The minimum absolute atomic E-state index is 0.0712. The fraction of sp³-hybridized carbons (Fsp3) is 0.500. The molecule has 0 aliphatic heterocycles. The molecule has 0 fully saturated rings. The van der Waals surface area contributed by atoms with Crippen molar-refractivity contribution in [1.82, 2.24) is 5.32 Å². The lowest BCUT2D eigenvalue weighted by molar-refractivity contribution is 0.367. The van der Waals surface area contributed by atoms with Crippen LogP contribution in [0.4, 0.5) is 0 Å². The van der Waals surface area contributed by atoms with E-state index in [1.807, 2.05) is 18.2 Å². The second-order valence-electron chi connectivity index (χ2n) is 5.88. The molecule has 0 saturated heterocycles. The molecule has 2 heteroatoms. The molecule has 0 heterocycles. The van der Waals surface area contributed by atoms with Gasteiger partial charge in [-0.3, -0.25) is 0 Å². The van der Waals surface area contributed by atoms with E-state index in [-0.39, 0.29) is 11.0 Å². The van der Waals surface area contributed by atoms with Gasteiger partial charge in [-0.1, -0.05) is 38.2 Å². The number of rotatable bonds is 5. The van der Waals surface area contributed by atoms with Crippen molar-refractivity contribution in [3.8, 4) is 0 Å². The molecule has 0 amide bonds. The summed E-state index contributed by atoms with van der Waals surface area (Å²) < 4.78 is 0. The number of nitrogens with one attached hydrogen (secondary N) is 1. The first-order valence-corrected chi connectivity index (χ1v) is 6.61. The van der Waals surface area contributed by atoms with Gasteiger partial charge in [0.2, 0.25) is 0 Å². The molecule has 1 aliphatic rings. The minimum Gasteiger partial charge on any atom is -0.399 e. The summed E-state index contributed by atoms with van der Waals surface area (Å²) in [6.45, 7) is 13.0. The van der Waals surface area contributed by atoms with Gasteiger partial charge < -0.3 is 11.1 Å². The van der Waals surface area contributed by atoms with E-state index in [2.05, 4.69) is 51.7 Å². The molecule has 0 saturated carbocycles. The van der Waals surface area contributed by atoms with Gasteiger partial charge in [0.1, 0.15) is 0 Å². The fourth-order valence-corrected chi connectivity index (χ4v) is 2.17. The molecule has 0 aromatic rings. The Bertz CT molecular complexity index is 399. The van der Waals surface area contributed by atoms with E-state index < -0.39 is 0 Å². The summed E-state index contributed by atoms with van der Waals surface area (Å²) in [5.41, 5.74) is 7.47. The van der Waals surface area contributed by atoms with E-state index >= 15 is 0 Å². The van der Waals surface area contributed by atoms with Crippen LogP contribution in [0, 0.1) is 5.41 Å². The van der Waals surface area contributed by atoms with Gasteiger partial charge in [0.15, 0.2) is 0 Å². The molecule has 1 rings (SSSR count). The molecule has 1 aliphatic carbocycles. The predicted molar refractivity (Wildman–Crippen MR) is 79.9 cm³/mol. The normalized spacial score (nSPS) is 23.4. The molecule has 18 heavy (non-hydrogen) atoms. The maximum atomic E-state index is 5.80. The number of allylic oxidation sites excluding steroid dienone is 4. The van der Waals surface area contributed by atoms with Crippen molar-refractivity contribution < 1.29 is 0 Å². The van der Waals surface area contributed by atoms with Gasteiger partial charge in [-0.15, -0.1) is 0 Å². The second kappa shape index (κ2) is 5.47. The van der Waals surface area contributed by atoms with Gasteiger partial charge in [0.25, 0.3) is 0 Å². The van der Waals surface area contributed by atoms with Crippen LogP contribution in [0.2, 0.25) is 0 Å². The Kier molecular flexibility index (Phi) is 4.44. The molecular weight excluding hydrogens is 220 g/mol. The maximum absolute atomic E-state index is 5.80. The average molecular weight is 246 g/mol. The van der Waals surface area contributed by atoms with E-state index in [9.17, 15) is 0 Å². The van der Waals surface area contributed by atoms with Crippen LogP contribution in [-0.2, 0) is 0 Å². The highest BCUT2D eigenvalue weighted by Crippen LogP contribution is 2.31. The van der Waals surface area contributed by atoms with Crippen LogP contribution in [0.3, 0.4) is 0 Å². The Morgan fingerprint density at radius 1 is 1.44 bits per heavy atom. The third kappa shape index (κ3) is 3.80. The van der Waals surface area contributed by atoms with Crippen molar-refractivity contribution in [2.45, 2.75) is 46.1 Å². The number of hydrogen-bond acceptors (Lipinski definition) is 2. The van der Waals surface area contributed by atoms with E-state index in [1.165, 1.54) is 0 Å². The molecule has 1 atom stereocenters. The van der Waals surface area contributed by atoms with E-state index in [0.717, 1.165) is 24.2 Å². The van der Waals surface area contributed by atoms with Crippen LogP contribution >= 0.6 is 0 Å². The molecule has 0 aromatic heterocycles. The Morgan fingerprint density at radius 2 is 2.11 bits per heavy atom. The summed E-state index contributed by atoms with van der Waals surface area (Å²) in [5, 5.41) is 3.55. The Morgan fingerprint density at radius 3 is 2.72 bits per heavy atom. The number of nitrogens with two attached hydrogens (primary N) is 1. The molecule has 2 nitrogen and oxygen atoms in total. The third-order valence-corrected chi connectivity index (χ3v) is 3.37. The van der Waals surface area contributed by atoms with Crippen LogP contribution in [-0.4, -0.2) is 5.54 Å². The van der Waals surface area contributed by atoms with E-state index in [0.29, 0.717) is 0 Å². The third-order valence-electron chi connectivity index (χ3n) is 3.37.